The van der Waals surface area contributed by atoms with E-state index in [9.17, 15) is 0 Å². The summed E-state index contributed by atoms with van der Waals surface area (Å²) in [5.41, 5.74) is 6.07. The molecule has 0 bridgehead atoms. The molecule has 1 saturated heterocycles. The zero-order chi connectivity index (χ0) is 27.0. The maximum absolute atomic E-state index is 6.41. The van der Waals surface area contributed by atoms with Gasteiger partial charge in [0, 0.05) is 28.3 Å². The first kappa shape index (κ1) is 26.1. The van der Waals surface area contributed by atoms with E-state index >= 15 is 0 Å². The number of hydrogen-bond acceptors (Lipinski definition) is 4. The van der Waals surface area contributed by atoms with Gasteiger partial charge in [0.25, 0.3) is 0 Å². The van der Waals surface area contributed by atoms with Crippen molar-refractivity contribution in [2.45, 2.75) is 45.9 Å². The van der Waals surface area contributed by atoms with Gasteiger partial charge in [-0.05, 0) is 106 Å². The zero-order valence-corrected chi connectivity index (χ0v) is 23.7. The predicted molar refractivity (Wildman–Crippen MR) is 157 cm³/mol. The zero-order valence-electron chi connectivity index (χ0n) is 22.1. The molecule has 1 aliphatic rings. The highest BCUT2D eigenvalue weighted by atomic mass is 35.5. The third-order valence-corrected chi connectivity index (χ3v) is 7.31. The number of benzene rings is 2. The first-order valence-electron chi connectivity index (χ1n) is 12.6. The third kappa shape index (κ3) is 4.84. The summed E-state index contributed by atoms with van der Waals surface area (Å²) < 4.78 is 13.8. The fraction of sp³-hybridized carbons (Fsp3) is 0.267. The summed E-state index contributed by atoms with van der Waals surface area (Å²) in [5, 5.41) is 4.85. The van der Waals surface area contributed by atoms with Gasteiger partial charge in [0.2, 0.25) is 0 Å². The summed E-state index contributed by atoms with van der Waals surface area (Å²) in [5.74, 6) is 1.58. The summed E-state index contributed by atoms with van der Waals surface area (Å²) in [6.07, 6.45) is 1.92. The second-order valence-corrected chi connectivity index (χ2v) is 10.5. The highest BCUT2D eigenvalue weighted by molar-refractivity contribution is 7.80. The van der Waals surface area contributed by atoms with Gasteiger partial charge in [-0.1, -0.05) is 17.7 Å². The summed E-state index contributed by atoms with van der Waals surface area (Å²) in [4.78, 5) is 6.86. The third-order valence-electron chi connectivity index (χ3n) is 6.76. The summed E-state index contributed by atoms with van der Waals surface area (Å²) in [7, 11) is 1.67. The Balaban J connectivity index is 1.65. The second-order valence-electron chi connectivity index (χ2n) is 9.64. The molecule has 0 aliphatic carbocycles. The normalized spacial score (nSPS) is 17.1. The van der Waals surface area contributed by atoms with Gasteiger partial charge >= 0.3 is 0 Å². The predicted octanol–water partition coefficient (Wildman–Crippen LogP) is 7.12. The first-order valence-corrected chi connectivity index (χ1v) is 13.4. The van der Waals surface area contributed by atoms with Crippen molar-refractivity contribution >= 4 is 34.6 Å². The lowest BCUT2D eigenvalue weighted by Gasteiger charge is -2.28. The van der Waals surface area contributed by atoms with Gasteiger partial charge < -0.3 is 24.3 Å². The number of anilines is 1. The molecule has 0 radical (unpaired) electrons. The largest absolute Gasteiger partial charge is 0.495 e. The Morgan fingerprint density at radius 3 is 2.45 bits per heavy atom. The summed E-state index contributed by atoms with van der Waals surface area (Å²) >= 11 is 12.3. The summed E-state index contributed by atoms with van der Waals surface area (Å²) in [6, 6.07) is 21.7. The van der Waals surface area contributed by atoms with E-state index in [4.69, 9.17) is 33.3 Å². The average Bonchev–Trinajstić information content (AvgIpc) is 3.39. The number of halogens is 1. The van der Waals surface area contributed by atoms with Gasteiger partial charge in [-0.3, -0.25) is 4.98 Å². The minimum absolute atomic E-state index is 0.102. The Morgan fingerprint density at radius 2 is 1.79 bits per heavy atom. The minimum Gasteiger partial charge on any atom is -0.495 e. The molecular weight excluding hydrogens is 516 g/mol. The molecule has 4 aromatic rings. The van der Waals surface area contributed by atoms with Crippen LogP contribution in [0, 0.1) is 13.8 Å². The van der Waals surface area contributed by atoms with E-state index in [0.717, 1.165) is 45.5 Å². The van der Waals surface area contributed by atoms with Crippen molar-refractivity contribution < 1.29 is 9.47 Å². The van der Waals surface area contributed by atoms with Crippen LogP contribution in [-0.2, 0) is 0 Å². The number of thiocarbonyl (C=S) groups is 1. The van der Waals surface area contributed by atoms with Crippen LogP contribution in [0.2, 0.25) is 5.02 Å². The molecule has 0 spiro atoms. The van der Waals surface area contributed by atoms with Crippen LogP contribution in [0.4, 0.5) is 5.69 Å². The standard InChI is InChI=1S/C30H31ClN4O2S/c1-18(2)37-23-12-10-22(11-13-23)35-29(28(33-30(35)38)25-8-6-7-15-32-25)24-16-19(3)34(20(24)4)26-17-21(31)9-14-27(26)36-5/h6-18,28-29H,1-5H3,(H,33,38)/t28-,29-/m1/s1. The number of nitrogens with zero attached hydrogens (tertiary/aromatic N) is 3. The maximum Gasteiger partial charge on any atom is 0.174 e. The number of methoxy groups -OCH3 is 1. The van der Waals surface area contributed by atoms with Gasteiger partial charge in [-0.25, -0.2) is 0 Å². The quantitative estimate of drug-likeness (QED) is 0.249. The maximum atomic E-state index is 6.41. The lowest BCUT2D eigenvalue weighted by molar-refractivity contribution is 0.242. The van der Waals surface area contributed by atoms with Crippen LogP contribution in [0.1, 0.15) is 48.6 Å². The summed E-state index contributed by atoms with van der Waals surface area (Å²) in [6.45, 7) is 8.25. The van der Waals surface area contributed by atoms with Crippen molar-refractivity contribution in [2.24, 2.45) is 0 Å². The number of pyridine rings is 1. The van der Waals surface area contributed by atoms with Gasteiger partial charge in [0.1, 0.15) is 11.5 Å². The molecule has 196 valence electrons. The lowest BCUT2D eigenvalue weighted by atomic mass is 9.96. The highest BCUT2D eigenvalue weighted by Gasteiger charge is 2.42. The monoisotopic (exact) mass is 546 g/mol. The molecule has 8 heteroatoms. The van der Waals surface area contributed by atoms with Crippen LogP contribution in [0.25, 0.3) is 5.69 Å². The van der Waals surface area contributed by atoms with Crippen molar-refractivity contribution in [3.05, 3.63) is 101 Å². The minimum atomic E-state index is -0.148. The number of ether oxygens (including phenoxy) is 2. The Morgan fingerprint density at radius 1 is 1.03 bits per heavy atom. The molecule has 6 nitrogen and oxygen atoms in total. The first-order chi connectivity index (χ1) is 18.3. The molecule has 1 aliphatic heterocycles. The van der Waals surface area contributed by atoms with E-state index in [1.807, 2.05) is 68.6 Å². The SMILES string of the molecule is COc1ccc(Cl)cc1-n1c(C)cc([C@@H]2[C@@H](c3ccccn3)NC(=S)N2c2ccc(OC(C)C)cc2)c1C. The Labute approximate surface area is 234 Å². The van der Waals surface area contributed by atoms with E-state index in [-0.39, 0.29) is 18.2 Å². The Hall–Kier alpha value is -3.55. The van der Waals surface area contributed by atoms with Gasteiger partial charge in [0.05, 0.1) is 36.7 Å². The molecule has 0 amide bonds. The lowest BCUT2D eigenvalue weighted by Crippen LogP contribution is -2.29. The number of rotatable bonds is 7. The van der Waals surface area contributed by atoms with E-state index < -0.39 is 0 Å². The molecule has 3 heterocycles. The van der Waals surface area contributed by atoms with Gasteiger partial charge in [-0.2, -0.15) is 0 Å². The van der Waals surface area contributed by atoms with E-state index in [0.29, 0.717) is 10.1 Å². The van der Waals surface area contributed by atoms with Crippen LogP contribution in [-0.4, -0.2) is 27.9 Å². The molecule has 0 saturated carbocycles. The Kier molecular flexibility index (Phi) is 7.32. The number of hydrogen-bond donors (Lipinski definition) is 1. The molecule has 5 rings (SSSR count). The molecule has 2 atom stereocenters. The second kappa shape index (κ2) is 10.7. The number of aromatic nitrogens is 2. The Bertz CT molecular complexity index is 1450. The van der Waals surface area contributed by atoms with Crippen molar-refractivity contribution in [3.8, 4) is 17.2 Å². The van der Waals surface area contributed by atoms with Crippen LogP contribution in [0.15, 0.2) is 72.9 Å². The molecule has 1 fully saturated rings. The van der Waals surface area contributed by atoms with E-state index in [1.165, 1.54) is 0 Å². The van der Waals surface area contributed by atoms with Crippen LogP contribution in [0.5, 0.6) is 11.5 Å². The molecule has 2 aromatic carbocycles. The topological polar surface area (TPSA) is 51.5 Å². The van der Waals surface area contributed by atoms with E-state index in [2.05, 4.69) is 51.8 Å². The van der Waals surface area contributed by atoms with Crippen molar-refractivity contribution in [3.63, 3.8) is 0 Å². The molecule has 0 unspecified atom stereocenters. The highest BCUT2D eigenvalue weighted by Crippen LogP contribution is 2.44. The molecule has 1 N–H and O–H groups in total. The number of aryl methyl sites for hydroxylation is 1. The fourth-order valence-electron chi connectivity index (χ4n) is 5.20. The van der Waals surface area contributed by atoms with Crippen molar-refractivity contribution in [2.75, 3.05) is 12.0 Å². The fourth-order valence-corrected chi connectivity index (χ4v) is 5.71. The van der Waals surface area contributed by atoms with Crippen LogP contribution >= 0.6 is 23.8 Å². The molecular formula is C30H31ClN4O2S. The number of nitrogens with one attached hydrogen (secondary N) is 1. The molecule has 2 aromatic heterocycles. The van der Waals surface area contributed by atoms with Crippen LogP contribution < -0.4 is 19.7 Å². The van der Waals surface area contributed by atoms with Crippen molar-refractivity contribution in [1.29, 1.82) is 0 Å². The van der Waals surface area contributed by atoms with Gasteiger partial charge in [-0.15, -0.1) is 0 Å². The molecule has 38 heavy (non-hydrogen) atoms. The average molecular weight is 547 g/mol. The van der Waals surface area contributed by atoms with Crippen LogP contribution in [0.3, 0.4) is 0 Å². The van der Waals surface area contributed by atoms with Gasteiger partial charge in [0.15, 0.2) is 5.11 Å². The van der Waals surface area contributed by atoms with Crippen molar-refractivity contribution in [1.82, 2.24) is 14.9 Å². The smallest absolute Gasteiger partial charge is 0.174 e. The van der Waals surface area contributed by atoms with E-state index in [1.54, 1.807) is 7.11 Å².